The first kappa shape index (κ1) is 8.75. The third kappa shape index (κ3) is 1.75. The maximum absolute atomic E-state index is 5.78. The number of nitrogens with zero attached hydrogens (tertiary/aromatic N) is 2. The van der Waals surface area contributed by atoms with Gasteiger partial charge in [0, 0.05) is 18.3 Å². The Balaban J connectivity index is 2.21. The first-order chi connectivity index (χ1) is 6.27. The number of hydrogen-bond donors (Lipinski definition) is 1. The Hall–Kier alpha value is -0.830. The normalized spacial score (nSPS) is 18.3. The monoisotopic (exact) mass is 179 g/mol. The molecule has 0 amide bonds. The van der Waals surface area contributed by atoms with Crippen molar-refractivity contribution in [1.82, 2.24) is 9.78 Å². The molecule has 1 aliphatic heterocycles. The van der Waals surface area contributed by atoms with Crippen molar-refractivity contribution >= 4 is 0 Å². The molecular weight excluding hydrogens is 162 g/mol. The first-order valence-corrected chi connectivity index (χ1v) is 5.06. The topological polar surface area (TPSA) is 43.8 Å². The number of aryl methyl sites for hydroxylation is 1. The fourth-order valence-corrected chi connectivity index (χ4v) is 2.00. The lowest BCUT2D eigenvalue weighted by Crippen LogP contribution is -2.19. The van der Waals surface area contributed by atoms with Gasteiger partial charge < -0.3 is 5.73 Å². The van der Waals surface area contributed by atoms with E-state index in [0.29, 0.717) is 0 Å². The van der Waals surface area contributed by atoms with Crippen molar-refractivity contribution in [1.29, 1.82) is 0 Å². The summed E-state index contributed by atoms with van der Waals surface area (Å²) in [6.45, 7) is 3.14. The van der Waals surface area contributed by atoms with E-state index >= 15 is 0 Å². The van der Waals surface area contributed by atoms with Crippen molar-refractivity contribution in [3.05, 3.63) is 17.5 Å². The molecule has 0 aliphatic carbocycles. The van der Waals surface area contributed by atoms with Gasteiger partial charge in [-0.05, 0) is 38.2 Å². The molecular formula is C10H17N3. The fraction of sp³-hybridized carbons (Fsp3) is 0.700. The van der Waals surface area contributed by atoms with Crippen molar-refractivity contribution in [3.63, 3.8) is 0 Å². The maximum atomic E-state index is 5.78. The minimum atomic E-state index is 0.246. The summed E-state index contributed by atoms with van der Waals surface area (Å²) < 4.78 is 2.14. The molecule has 0 saturated carbocycles. The smallest absolute Gasteiger partial charge is 0.0525 e. The second kappa shape index (κ2) is 3.50. The van der Waals surface area contributed by atoms with E-state index in [1.54, 1.807) is 0 Å². The van der Waals surface area contributed by atoms with Crippen LogP contribution >= 0.6 is 0 Å². The Morgan fingerprint density at radius 2 is 2.46 bits per heavy atom. The van der Waals surface area contributed by atoms with Gasteiger partial charge in [-0.1, -0.05) is 0 Å². The van der Waals surface area contributed by atoms with Crippen LogP contribution < -0.4 is 5.73 Å². The van der Waals surface area contributed by atoms with Gasteiger partial charge in [0.2, 0.25) is 0 Å². The fourth-order valence-electron chi connectivity index (χ4n) is 2.00. The standard InChI is InChI=1S/C10H17N3/c1-8(11)6-9-7-12-13-5-3-2-4-10(9)13/h7-8H,2-6,11H2,1H3/t8-/m1/s1. The van der Waals surface area contributed by atoms with Crippen molar-refractivity contribution in [2.24, 2.45) is 5.73 Å². The highest BCUT2D eigenvalue weighted by Crippen LogP contribution is 2.18. The molecule has 0 fully saturated rings. The maximum Gasteiger partial charge on any atom is 0.0525 e. The number of rotatable bonds is 2. The summed E-state index contributed by atoms with van der Waals surface area (Å²) in [4.78, 5) is 0. The molecule has 1 aromatic rings. The van der Waals surface area contributed by atoms with E-state index in [0.717, 1.165) is 13.0 Å². The SMILES string of the molecule is C[C@@H](N)Cc1cnn2c1CCCC2. The molecule has 2 heterocycles. The second-order valence-corrected chi connectivity index (χ2v) is 3.98. The molecule has 2 rings (SSSR count). The number of hydrogen-bond acceptors (Lipinski definition) is 2. The summed E-state index contributed by atoms with van der Waals surface area (Å²) in [6, 6.07) is 0.246. The molecule has 0 aromatic carbocycles. The zero-order valence-corrected chi connectivity index (χ0v) is 8.16. The molecule has 1 aliphatic rings. The van der Waals surface area contributed by atoms with Gasteiger partial charge in [-0.2, -0.15) is 5.10 Å². The van der Waals surface area contributed by atoms with Crippen LogP contribution in [0.1, 0.15) is 31.0 Å². The number of fused-ring (bicyclic) bond motifs is 1. The first-order valence-electron chi connectivity index (χ1n) is 5.06. The Labute approximate surface area is 78.9 Å². The summed E-state index contributed by atoms with van der Waals surface area (Å²) in [5.41, 5.74) is 8.56. The van der Waals surface area contributed by atoms with Crippen LogP contribution in [0.4, 0.5) is 0 Å². The van der Waals surface area contributed by atoms with Gasteiger partial charge in [-0.25, -0.2) is 0 Å². The molecule has 0 saturated heterocycles. The predicted molar refractivity (Wildman–Crippen MR) is 52.5 cm³/mol. The molecule has 13 heavy (non-hydrogen) atoms. The second-order valence-electron chi connectivity index (χ2n) is 3.98. The molecule has 3 heteroatoms. The van der Waals surface area contributed by atoms with E-state index in [1.807, 2.05) is 13.1 Å². The van der Waals surface area contributed by atoms with Gasteiger partial charge in [0.1, 0.15) is 0 Å². The molecule has 0 radical (unpaired) electrons. The van der Waals surface area contributed by atoms with Crippen LogP contribution in [0.3, 0.4) is 0 Å². The van der Waals surface area contributed by atoms with Crippen molar-refractivity contribution in [2.75, 3.05) is 0 Å². The molecule has 0 unspecified atom stereocenters. The van der Waals surface area contributed by atoms with Gasteiger partial charge in [0.25, 0.3) is 0 Å². The van der Waals surface area contributed by atoms with Crippen LogP contribution in [-0.4, -0.2) is 15.8 Å². The Bertz CT molecular complexity index is 288. The van der Waals surface area contributed by atoms with E-state index in [9.17, 15) is 0 Å². The Morgan fingerprint density at radius 1 is 1.62 bits per heavy atom. The molecule has 1 atom stereocenters. The molecule has 72 valence electrons. The van der Waals surface area contributed by atoms with Gasteiger partial charge in [0.05, 0.1) is 6.20 Å². The summed E-state index contributed by atoms with van der Waals surface area (Å²) in [6.07, 6.45) is 6.71. The van der Waals surface area contributed by atoms with Gasteiger partial charge in [-0.3, -0.25) is 4.68 Å². The largest absolute Gasteiger partial charge is 0.328 e. The van der Waals surface area contributed by atoms with Gasteiger partial charge >= 0.3 is 0 Å². The lowest BCUT2D eigenvalue weighted by molar-refractivity contribution is 0.483. The highest BCUT2D eigenvalue weighted by atomic mass is 15.3. The average molecular weight is 179 g/mol. The molecule has 1 aromatic heterocycles. The van der Waals surface area contributed by atoms with E-state index in [2.05, 4.69) is 9.78 Å². The highest BCUT2D eigenvalue weighted by Gasteiger charge is 2.14. The third-order valence-corrected chi connectivity index (χ3v) is 2.61. The summed E-state index contributed by atoms with van der Waals surface area (Å²) in [7, 11) is 0. The van der Waals surface area contributed by atoms with E-state index < -0.39 is 0 Å². The molecule has 0 spiro atoms. The Morgan fingerprint density at radius 3 is 3.23 bits per heavy atom. The van der Waals surface area contributed by atoms with Crippen molar-refractivity contribution in [3.8, 4) is 0 Å². The van der Waals surface area contributed by atoms with Crippen LogP contribution in [0.5, 0.6) is 0 Å². The lowest BCUT2D eigenvalue weighted by Gasteiger charge is -2.15. The van der Waals surface area contributed by atoms with Crippen LogP contribution in [0.15, 0.2) is 6.20 Å². The van der Waals surface area contributed by atoms with Crippen LogP contribution in [-0.2, 0) is 19.4 Å². The number of aromatic nitrogens is 2. The minimum Gasteiger partial charge on any atom is -0.328 e. The zero-order valence-electron chi connectivity index (χ0n) is 8.16. The lowest BCUT2D eigenvalue weighted by atomic mass is 10.0. The molecule has 3 nitrogen and oxygen atoms in total. The van der Waals surface area contributed by atoms with Gasteiger partial charge in [-0.15, -0.1) is 0 Å². The van der Waals surface area contributed by atoms with Crippen molar-refractivity contribution < 1.29 is 0 Å². The Kier molecular flexibility index (Phi) is 2.36. The molecule has 2 N–H and O–H groups in total. The summed E-state index contributed by atoms with van der Waals surface area (Å²) in [5, 5.41) is 4.37. The summed E-state index contributed by atoms with van der Waals surface area (Å²) >= 11 is 0. The van der Waals surface area contributed by atoms with E-state index in [-0.39, 0.29) is 6.04 Å². The number of nitrogens with two attached hydrogens (primary N) is 1. The minimum absolute atomic E-state index is 0.246. The third-order valence-electron chi connectivity index (χ3n) is 2.61. The zero-order chi connectivity index (χ0) is 9.26. The predicted octanol–water partition coefficient (Wildman–Crippen LogP) is 1.11. The van der Waals surface area contributed by atoms with Crippen LogP contribution in [0.25, 0.3) is 0 Å². The van der Waals surface area contributed by atoms with Crippen LogP contribution in [0, 0.1) is 0 Å². The van der Waals surface area contributed by atoms with Crippen LogP contribution in [0.2, 0.25) is 0 Å². The summed E-state index contributed by atoms with van der Waals surface area (Å²) in [5.74, 6) is 0. The highest BCUT2D eigenvalue weighted by molar-refractivity contribution is 5.20. The van der Waals surface area contributed by atoms with Crippen molar-refractivity contribution in [2.45, 2.75) is 45.2 Å². The van der Waals surface area contributed by atoms with E-state index in [1.165, 1.54) is 30.5 Å². The quantitative estimate of drug-likeness (QED) is 0.739. The molecule has 0 bridgehead atoms. The van der Waals surface area contributed by atoms with E-state index in [4.69, 9.17) is 5.73 Å². The average Bonchev–Trinajstić information content (AvgIpc) is 2.48. The van der Waals surface area contributed by atoms with Gasteiger partial charge in [0.15, 0.2) is 0 Å².